The molecule has 0 amide bonds. The summed E-state index contributed by atoms with van der Waals surface area (Å²) in [4.78, 5) is 11.1. The Morgan fingerprint density at radius 3 is 2.84 bits per heavy atom. The third-order valence-electron chi connectivity index (χ3n) is 6.93. The number of carbonyl (C=O) groups is 1. The first-order chi connectivity index (χ1) is 15.6. The molecule has 0 saturated heterocycles. The lowest BCUT2D eigenvalue weighted by Crippen LogP contribution is -2.21. The molecule has 0 aromatic carbocycles. The maximum atomic E-state index is 15.0. The second-order valence-electron chi connectivity index (χ2n) is 9.48. The summed E-state index contributed by atoms with van der Waals surface area (Å²) in [5.41, 5.74) is 3.39. The lowest BCUT2D eigenvalue weighted by molar-refractivity contribution is -0.137. The third-order valence-corrected chi connectivity index (χ3v) is 8.49. The van der Waals surface area contributed by atoms with Crippen LogP contribution in [0.3, 0.4) is 0 Å². The second kappa shape index (κ2) is 11.4. The van der Waals surface area contributed by atoms with E-state index in [1.54, 1.807) is 6.08 Å². The van der Waals surface area contributed by atoms with E-state index in [0.29, 0.717) is 23.5 Å². The van der Waals surface area contributed by atoms with Crippen molar-refractivity contribution < 1.29 is 19.0 Å². The molecule has 0 aromatic heterocycles. The Bertz CT molecular complexity index is 851. The van der Waals surface area contributed by atoms with Crippen LogP contribution in [-0.4, -0.2) is 28.2 Å². The van der Waals surface area contributed by atoms with Crippen LogP contribution in [0.5, 0.6) is 0 Å². The van der Waals surface area contributed by atoms with Crippen molar-refractivity contribution in [2.75, 3.05) is 6.61 Å². The van der Waals surface area contributed by atoms with Gasteiger partial charge in [-0.1, -0.05) is 24.3 Å². The lowest BCUT2D eigenvalue weighted by atomic mass is 9.88. The molecule has 0 saturated carbocycles. The van der Waals surface area contributed by atoms with Crippen LogP contribution in [0.25, 0.3) is 0 Å². The van der Waals surface area contributed by atoms with Crippen LogP contribution in [0, 0.1) is 5.92 Å². The molecule has 4 aliphatic rings. The number of rotatable bonds is 8. The van der Waals surface area contributed by atoms with Gasteiger partial charge in [-0.2, -0.15) is 11.8 Å². The lowest BCUT2D eigenvalue weighted by Gasteiger charge is -2.31. The molecule has 0 radical (unpaired) electrons. The minimum atomic E-state index is -0.722. The Balaban J connectivity index is 1.31. The smallest absolute Gasteiger partial charge is 0.303 e. The maximum Gasteiger partial charge on any atom is 0.303 e. The van der Waals surface area contributed by atoms with E-state index in [0.717, 1.165) is 62.7 Å². The highest BCUT2D eigenvalue weighted by Gasteiger charge is 2.27. The van der Waals surface area contributed by atoms with E-state index in [1.165, 1.54) is 24.0 Å². The summed E-state index contributed by atoms with van der Waals surface area (Å²) in [6.07, 6.45) is 21.7. The van der Waals surface area contributed by atoms with E-state index in [-0.39, 0.29) is 18.2 Å². The summed E-state index contributed by atoms with van der Waals surface area (Å²) in [5.74, 6) is 0.0740. The van der Waals surface area contributed by atoms with E-state index < -0.39 is 5.97 Å². The monoisotopic (exact) mass is 458 g/mol. The van der Waals surface area contributed by atoms with Gasteiger partial charge < -0.3 is 9.84 Å². The SMILES string of the molecule is O=C(O)CC1C=CCC(SC2CCC=C(C3=C(F)C=C(OCC4=CCCCC4)CC3)C2)C1. The fourth-order valence-electron chi connectivity index (χ4n) is 5.25. The molecule has 0 bridgehead atoms. The number of halogens is 1. The predicted molar refractivity (Wildman–Crippen MR) is 129 cm³/mol. The Hall–Kier alpha value is -1.75. The third kappa shape index (κ3) is 6.63. The summed E-state index contributed by atoms with van der Waals surface area (Å²) < 4.78 is 20.9. The number of carboxylic acid groups (broad SMARTS) is 1. The molecule has 3 nitrogen and oxygen atoms in total. The number of hydrogen-bond donors (Lipinski definition) is 1. The molecule has 174 valence electrons. The number of ether oxygens (including phenoxy) is 1. The van der Waals surface area contributed by atoms with Gasteiger partial charge in [-0.3, -0.25) is 4.79 Å². The van der Waals surface area contributed by atoms with Crippen LogP contribution in [0.2, 0.25) is 0 Å². The van der Waals surface area contributed by atoms with Gasteiger partial charge in [-0.15, -0.1) is 0 Å². The van der Waals surface area contributed by atoms with Crippen LogP contribution in [0.1, 0.15) is 77.0 Å². The quantitative estimate of drug-likeness (QED) is 0.384. The Morgan fingerprint density at radius 1 is 1.16 bits per heavy atom. The van der Waals surface area contributed by atoms with Crippen molar-refractivity contribution in [3.63, 3.8) is 0 Å². The van der Waals surface area contributed by atoms with Gasteiger partial charge in [-0.05, 0) is 86.8 Å². The van der Waals surface area contributed by atoms with Crippen LogP contribution < -0.4 is 0 Å². The van der Waals surface area contributed by atoms with Crippen molar-refractivity contribution >= 4 is 17.7 Å². The summed E-state index contributed by atoms with van der Waals surface area (Å²) in [7, 11) is 0. The topological polar surface area (TPSA) is 46.5 Å². The van der Waals surface area contributed by atoms with Gasteiger partial charge >= 0.3 is 5.97 Å². The normalized spacial score (nSPS) is 28.7. The molecular weight excluding hydrogens is 423 g/mol. The van der Waals surface area contributed by atoms with Crippen molar-refractivity contribution in [2.45, 2.75) is 87.5 Å². The minimum absolute atomic E-state index is 0.122. The molecule has 0 aliphatic heterocycles. The molecule has 32 heavy (non-hydrogen) atoms. The fraction of sp³-hybridized carbons (Fsp3) is 0.593. The Kier molecular flexibility index (Phi) is 8.34. The molecular formula is C27H35FO3S. The summed E-state index contributed by atoms with van der Waals surface area (Å²) in [6, 6.07) is 0. The summed E-state index contributed by atoms with van der Waals surface area (Å²) >= 11 is 1.99. The van der Waals surface area contributed by atoms with Crippen molar-refractivity contribution in [1.82, 2.24) is 0 Å². The van der Waals surface area contributed by atoms with Gasteiger partial charge in [0.25, 0.3) is 0 Å². The van der Waals surface area contributed by atoms with Crippen molar-refractivity contribution in [2.24, 2.45) is 5.92 Å². The zero-order valence-corrected chi connectivity index (χ0v) is 19.7. The van der Waals surface area contributed by atoms with Gasteiger partial charge in [0.1, 0.15) is 12.4 Å². The van der Waals surface area contributed by atoms with Gasteiger partial charge in [0.2, 0.25) is 0 Å². The number of carboxylic acids is 1. The van der Waals surface area contributed by atoms with E-state index in [1.807, 2.05) is 11.8 Å². The number of hydrogen-bond acceptors (Lipinski definition) is 3. The zero-order valence-electron chi connectivity index (χ0n) is 18.9. The average Bonchev–Trinajstić information content (AvgIpc) is 2.78. The van der Waals surface area contributed by atoms with Crippen molar-refractivity contribution in [3.8, 4) is 0 Å². The highest BCUT2D eigenvalue weighted by molar-refractivity contribution is 8.00. The minimum Gasteiger partial charge on any atom is -0.493 e. The van der Waals surface area contributed by atoms with E-state index in [2.05, 4.69) is 24.3 Å². The van der Waals surface area contributed by atoms with E-state index in [4.69, 9.17) is 9.84 Å². The molecule has 5 heteroatoms. The standard InChI is InChI=1S/C27H35FO3S/c28-26-17-22(31-18-19-6-2-1-3-7-19)12-13-25(26)21-9-5-11-24(16-21)32-23-10-4-8-20(14-23)15-27(29)30/h4,6,8-9,17,20,23-24H,1-3,5,7,10-16,18H2,(H,29,30). The number of thioether (sulfide) groups is 1. The Labute approximate surface area is 195 Å². The molecule has 4 rings (SSSR count). The molecule has 0 aromatic rings. The van der Waals surface area contributed by atoms with Crippen molar-refractivity contribution in [3.05, 3.63) is 58.7 Å². The van der Waals surface area contributed by atoms with Gasteiger partial charge in [0, 0.05) is 23.0 Å². The van der Waals surface area contributed by atoms with Crippen molar-refractivity contribution in [1.29, 1.82) is 0 Å². The highest BCUT2D eigenvalue weighted by Crippen LogP contribution is 2.41. The summed E-state index contributed by atoms with van der Waals surface area (Å²) in [6.45, 7) is 0.606. The van der Waals surface area contributed by atoms with Gasteiger partial charge in [0.05, 0.1) is 12.2 Å². The van der Waals surface area contributed by atoms with Gasteiger partial charge in [-0.25, -0.2) is 4.39 Å². The number of allylic oxidation sites excluding steroid dienone is 9. The highest BCUT2D eigenvalue weighted by atomic mass is 32.2. The van der Waals surface area contributed by atoms with E-state index >= 15 is 4.39 Å². The molecule has 1 N–H and O–H groups in total. The van der Waals surface area contributed by atoms with E-state index in [9.17, 15) is 4.79 Å². The Morgan fingerprint density at radius 2 is 2.06 bits per heavy atom. The predicted octanol–water partition coefficient (Wildman–Crippen LogP) is 7.43. The van der Waals surface area contributed by atoms with Crippen LogP contribution >= 0.6 is 11.8 Å². The zero-order chi connectivity index (χ0) is 22.3. The molecule has 4 aliphatic carbocycles. The molecule has 0 heterocycles. The molecule has 3 unspecified atom stereocenters. The number of aliphatic carboxylic acids is 1. The van der Waals surface area contributed by atoms with Crippen LogP contribution in [-0.2, 0) is 9.53 Å². The summed E-state index contributed by atoms with van der Waals surface area (Å²) in [5, 5.41) is 10.0. The first-order valence-electron chi connectivity index (χ1n) is 12.2. The molecule has 3 atom stereocenters. The van der Waals surface area contributed by atoms with Crippen LogP contribution in [0.15, 0.2) is 58.7 Å². The maximum absolute atomic E-state index is 15.0. The van der Waals surface area contributed by atoms with Crippen LogP contribution in [0.4, 0.5) is 4.39 Å². The second-order valence-corrected chi connectivity index (χ2v) is 11.1. The fourth-order valence-corrected chi connectivity index (χ4v) is 6.92. The molecule has 0 spiro atoms. The first kappa shape index (κ1) is 23.4. The largest absolute Gasteiger partial charge is 0.493 e. The molecule has 0 fully saturated rings. The van der Waals surface area contributed by atoms with Gasteiger partial charge in [0.15, 0.2) is 0 Å². The first-order valence-corrected chi connectivity index (χ1v) is 13.1. The average molecular weight is 459 g/mol.